The molecule has 10 rings (SSSR count). The molecular weight excluding hydrogens is 810 g/mol. The highest BCUT2D eigenvalue weighted by molar-refractivity contribution is 6.33. The van der Waals surface area contributed by atoms with E-state index in [0.29, 0.717) is 70.7 Å². The van der Waals surface area contributed by atoms with Gasteiger partial charge in [-0.25, -0.2) is 13.8 Å². The molecule has 1 aliphatic carbocycles. The van der Waals surface area contributed by atoms with Crippen molar-refractivity contribution < 1.29 is 27.8 Å². The SMILES string of the molecule is Cn1nc(C2CCC(=O)NC2=O)c2ccc(O[C@H]3CCN(CC4CCN(c5ncc(Cl)c(Nc6ccc7c(c6)c6c(c(=O)n7C)OCC(F)(F)[C@H](C7CC7)N6)n5)CC4)C3)cc21. The van der Waals surface area contributed by atoms with Crippen LogP contribution in [0, 0.1) is 11.8 Å². The van der Waals surface area contributed by atoms with Gasteiger partial charge in [0.15, 0.2) is 12.4 Å². The van der Waals surface area contributed by atoms with E-state index in [1.165, 1.54) is 4.57 Å². The average Bonchev–Trinajstić information content (AvgIpc) is 3.93. The van der Waals surface area contributed by atoms with Crippen LogP contribution in [0.3, 0.4) is 0 Å². The minimum atomic E-state index is -3.13. The third kappa shape index (κ3) is 7.59. The number of hydrogen-bond acceptors (Lipinski definition) is 12. The fraction of sp³-hybridized carbons (Fsp3) is 0.488. The van der Waals surface area contributed by atoms with Gasteiger partial charge in [-0.2, -0.15) is 10.1 Å². The summed E-state index contributed by atoms with van der Waals surface area (Å²) < 4.78 is 45.5. The molecule has 7 heterocycles. The molecule has 5 aromatic rings. The maximum Gasteiger partial charge on any atom is 0.301 e. The number of anilines is 4. The number of nitrogens with one attached hydrogen (secondary N) is 3. The second-order valence-corrected chi connectivity index (χ2v) is 17.6. The topological polar surface area (TPSA) is 161 Å². The number of ether oxygens (including phenoxy) is 2. The standard InChI is InChI=1S/C43H47ClF2N10O5/c1-53-32-9-5-25(17-30(32)36-37(41(53)59)60-22-43(45,46)38(50-36)24-3-4-24)48-39-31(44)19-47-42(51-39)56-15-11-23(12-16-56)20-55-14-13-27(21-55)61-26-6-7-28-33(18-26)54(2)52-35(28)29-8-10-34(57)49-40(29)58/h5-7,9,17-19,23-24,27,29,38,50H,3-4,8,10-16,20-22H2,1-2H3,(H,47,48,51)(H,49,57,58)/t27-,29?,38-/m0/s1. The van der Waals surface area contributed by atoms with E-state index in [9.17, 15) is 14.4 Å². The first-order valence-corrected chi connectivity index (χ1v) is 21.4. The van der Waals surface area contributed by atoms with Crippen molar-refractivity contribution in [2.75, 3.05) is 54.9 Å². The third-order valence-electron chi connectivity index (χ3n) is 13.0. The van der Waals surface area contributed by atoms with Crippen LogP contribution in [0.25, 0.3) is 21.8 Å². The zero-order valence-electron chi connectivity index (χ0n) is 33.9. The maximum atomic E-state index is 15.2. The van der Waals surface area contributed by atoms with Crippen LogP contribution in [0.5, 0.6) is 11.5 Å². The smallest absolute Gasteiger partial charge is 0.301 e. The molecule has 3 saturated heterocycles. The van der Waals surface area contributed by atoms with Crippen molar-refractivity contribution >= 4 is 68.4 Å². The molecule has 1 unspecified atom stereocenters. The van der Waals surface area contributed by atoms with Crippen LogP contribution in [-0.4, -0.2) is 98.4 Å². The molecule has 3 atom stereocenters. The summed E-state index contributed by atoms with van der Waals surface area (Å²) in [6.45, 7) is 3.50. The van der Waals surface area contributed by atoms with Gasteiger partial charge in [-0.05, 0) is 80.7 Å². The Morgan fingerprint density at radius 3 is 2.59 bits per heavy atom. The van der Waals surface area contributed by atoms with E-state index < -0.39 is 30.0 Å². The Morgan fingerprint density at radius 2 is 1.80 bits per heavy atom. The van der Waals surface area contributed by atoms with Crippen LogP contribution >= 0.6 is 11.6 Å². The summed E-state index contributed by atoms with van der Waals surface area (Å²) in [6.07, 6.45) is 6.69. The van der Waals surface area contributed by atoms with Gasteiger partial charge in [0, 0.05) is 75.8 Å². The van der Waals surface area contributed by atoms with Crippen molar-refractivity contribution in [3.8, 4) is 11.5 Å². The number of hydrogen-bond donors (Lipinski definition) is 3. The number of nitrogens with zero attached hydrogens (tertiary/aromatic N) is 7. The average molecular weight is 857 g/mol. The Balaban J connectivity index is 0.762. The van der Waals surface area contributed by atoms with Crippen LogP contribution in [0.4, 0.5) is 31.9 Å². The zero-order valence-corrected chi connectivity index (χ0v) is 34.7. The Bertz CT molecular complexity index is 2630. The highest BCUT2D eigenvalue weighted by Gasteiger charge is 2.51. The Labute approximate surface area is 354 Å². The molecule has 15 nitrogen and oxygen atoms in total. The minimum absolute atomic E-state index is 0.0622. The summed E-state index contributed by atoms with van der Waals surface area (Å²) in [6, 6.07) is 10.1. The number of carbonyl (C=O) groups excluding carboxylic acids is 2. The normalized spacial score (nSPS) is 23.4. The number of carbonyl (C=O) groups is 2. The summed E-state index contributed by atoms with van der Waals surface area (Å²) >= 11 is 6.62. The largest absolute Gasteiger partial charge is 0.489 e. The van der Waals surface area contributed by atoms with Gasteiger partial charge in [0.1, 0.15) is 16.9 Å². The van der Waals surface area contributed by atoms with Crippen LogP contribution in [0.1, 0.15) is 56.6 Å². The van der Waals surface area contributed by atoms with E-state index in [2.05, 4.69) is 35.8 Å². The predicted octanol–water partition coefficient (Wildman–Crippen LogP) is 5.72. The number of aryl methyl sites for hydroxylation is 2. The number of imide groups is 1. The number of amides is 2. The summed E-state index contributed by atoms with van der Waals surface area (Å²) in [7, 11) is 3.46. The number of piperidine rings is 2. The van der Waals surface area contributed by atoms with Crippen molar-refractivity contribution in [2.24, 2.45) is 25.9 Å². The van der Waals surface area contributed by atoms with Gasteiger partial charge in [0.2, 0.25) is 23.5 Å². The van der Waals surface area contributed by atoms with Crippen molar-refractivity contribution in [3.63, 3.8) is 0 Å². The van der Waals surface area contributed by atoms with Crippen molar-refractivity contribution in [3.05, 3.63) is 63.7 Å². The summed E-state index contributed by atoms with van der Waals surface area (Å²) in [5, 5.41) is 15.2. The first kappa shape index (κ1) is 39.6. The lowest BCUT2D eigenvalue weighted by molar-refractivity contribution is -0.134. The Morgan fingerprint density at radius 1 is 0.984 bits per heavy atom. The number of rotatable bonds is 9. The number of halogens is 3. The third-order valence-corrected chi connectivity index (χ3v) is 13.2. The van der Waals surface area contributed by atoms with Crippen LogP contribution in [-0.2, 0) is 23.7 Å². The lowest BCUT2D eigenvalue weighted by Gasteiger charge is -2.34. The highest BCUT2D eigenvalue weighted by atomic mass is 35.5. The van der Waals surface area contributed by atoms with Gasteiger partial charge in [-0.1, -0.05) is 11.6 Å². The molecule has 4 fully saturated rings. The molecule has 320 valence electrons. The molecule has 3 aromatic heterocycles. The maximum absolute atomic E-state index is 15.2. The Hall–Kier alpha value is -5.55. The van der Waals surface area contributed by atoms with E-state index in [1.54, 1.807) is 36.1 Å². The van der Waals surface area contributed by atoms with Crippen LogP contribution < -0.4 is 35.9 Å². The van der Waals surface area contributed by atoms with E-state index in [0.717, 1.165) is 68.6 Å². The van der Waals surface area contributed by atoms with Crippen LogP contribution in [0.15, 0.2) is 47.4 Å². The molecule has 5 aliphatic rings. The van der Waals surface area contributed by atoms with Crippen LogP contribution in [0.2, 0.25) is 5.02 Å². The van der Waals surface area contributed by atoms with Gasteiger partial charge in [-0.3, -0.25) is 29.3 Å². The fourth-order valence-corrected chi connectivity index (χ4v) is 9.64. The predicted molar refractivity (Wildman–Crippen MR) is 226 cm³/mol. The highest BCUT2D eigenvalue weighted by Crippen LogP contribution is 2.46. The second-order valence-electron chi connectivity index (χ2n) is 17.2. The summed E-state index contributed by atoms with van der Waals surface area (Å²) in [5.74, 6) is -2.16. The molecule has 0 spiro atoms. The molecule has 2 amide bonds. The fourth-order valence-electron chi connectivity index (χ4n) is 9.50. The van der Waals surface area contributed by atoms with Gasteiger partial charge in [-0.15, -0.1) is 0 Å². The number of pyridine rings is 1. The molecular formula is C43H47ClF2N10O5. The molecule has 1 saturated carbocycles. The summed E-state index contributed by atoms with van der Waals surface area (Å²) in [4.78, 5) is 51.5. The zero-order chi connectivity index (χ0) is 42.2. The van der Waals surface area contributed by atoms with Crippen molar-refractivity contribution in [1.29, 1.82) is 0 Å². The summed E-state index contributed by atoms with van der Waals surface area (Å²) in [5.41, 5.74) is 2.56. The molecule has 18 heteroatoms. The second kappa shape index (κ2) is 15.4. The number of alkyl halides is 2. The molecule has 61 heavy (non-hydrogen) atoms. The first-order chi connectivity index (χ1) is 29.4. The van der Waals surface area contributed by atoms with Gasteiger partial charge < -0.3 is 29.6 Å². The van der Waals surface area contributed by atoms with Gasteiger partial charge >= 0.3 is 5.92 Å². The van der Waals surface area contributed by atoms with E-state index >= 15 is 8.78 Å². The number of likely N-dealkylation sites (tertiary alicyclic amines) is 1. The van der Waals surface area contributed by atoms with Gasteiger partial charge in [0.25, 0.3) is 5.56 Å². The number of aromatic nitrogens is 5. The lowest BCUT2D eigenvalue weighted by Crippen LogP contribution is -2.44. The molecule has 0 radical (unpaired) electrons. The van der Waals surface area contributed by atoms with Gasteiger partial charge in [0.05, 0.1) is 40.6 Å². The van der Waals surface area contributed by atoms with E-state index in [-0.39, 0.29) is 35.3 Å². The van der Waals surface area contributed by atoms with Crippen molar-refractivity contribution in [1.82, 2.24) is 34.5 Å². The number of benzene rings is 2. The molecule has 4 aliphatic heterocycles. The van der Waals surface area contributed by atoms with E-state index in [4.69, 9.17) is 26.1 Å². The molecule has 2 aromatic carbocycles. The quantitative estimate of drug-likeness (QED) is 0.155. The van der Waals surface area contributed by atoms with E-state index in [1.807, 2.05) is 25.2 Å². The lowest BCUT2D eigenvalue weighted by atomic mass is 9.93. The number of fused-ring (bicyclic) bond motifs is 4. The minimum Gasteiger partial charge on any atom is -0.489 e. The molecule has 0 bridgehead atoms. The monoisotopic (exact) mass is 856 g/mol. The van der Waals surface area contributed by atoms with Crippen molar-refractivity contribution in [2.45, 2.75) is 68.9 Å². The first-order valence-electron chi connectivity index (χ1n) is 21.1. The Kier molecular flexibility index (Phi) is 10.0. The molecule has 3 N–H and O–H groups in total.